The first-order chi connectivity index (χ1) is 12.7. The molecule has 2 heterocycles. The van der Waals surface area contributed by atoms with Crippen LogP contribution in [0.15, 0.2) is 43.0 Å². The molecule has 2 atom stereocenters. The zero-order chi connectivity index (χ0) is 18.2. The highest BCUT2D eigenvalue weighted by Gasteiger charge is 2.37. The summed E-state index contributed by atoms with van der Waals surface area (Å²) in [5, 5.41) is 0.797. The van der Waals surface area contributed by atoms with E-state index in [9.17, 15) is 0 Å². The van der Waals surface area contributed by atoms with Gasteiger partial charge in [-0.05, 0) is 62.5 Å². The van der Waals surface area contributed by atoms with Crippen molar-refractivity contribution in [2.75, 3.05) is 12.4 Å². The van der Waals surface area contributed by atoms with Gasteiger partial charge in [-0.1, -0.05) is 19.1 Å². The van der Waals surface area contributed by atoms with Gasteiger partial charge in [-0.25, -0.2) is 4.98 Å². The van der Waals surface area contributed by atoms with Crippen molar-refractivity contribution >= 4 is 23.5 Å². The van der Waals surface area contributed by atoms with E-state index in [0.717, 1.165) is 30.6 Å². The molecule has 1 aromatic carbocycles. The first-order valence-electron chi connectivity index (χ1n) is 9.72. The topological polar surface area (TPSA) is 27.1 Å². The number of nitrogens with zero attached hydrogens (tertiary/aromatic N) is 2. The van der Waals surface area contributed by atoms with Gasteiger partial charge in [-0.2, -0.15) is 0 Å². The number of benzene rings is 1. The molecule has 3 rings (SSSR count). The quantitative estimate of drug-likeness (QED) is 0.553. The number of ether oxygens (including phenoxy) is 1. The number of hydrogen-bond acceptors (Lipinski definition) is 4. The minimum Gasteiger partial charge on any atom is -0.494 e. The Bertz CT molecular complexity index is 645. The lowest BCUT2D eigenvalue weighted by molar-refractivity contribution is 0.340. The maximum Gasteiger partial charge on any atom is 0.119 e. The van der Waals surface area contributed by atoms with E-state index < -0.39 is 0 Å². The van der Waals surface area contributed by atoms with Crippen molar-refractivity contribution in [1.82, 2.24) is 9.55 Å². The smallest absolute Gasteiger partial charge is 0.119 e. The molecule has 2 aromatic rings. The fourth-order valence-electron chi connectivity index (χ4n) is 3.49. The van der Waals surface area contributed by atoms with Crippen LogP contribution in [0.1, 0.15) is 45.1 Å². The molecule has 5 heteroatoms. The summed E-state index contributed by atoms with van der Waals surface area (Å²) in [6.07, 6.45) is 12.2. The summed E-state index contributed by atoms with van der Waals surface area (Å²) in [4.78, 5) is 4.24. The molecule has 1 aliphatic rings. The van der Waals surface area contributed by atoms with Crippen LogP contribution in [-0.2, 0) is 13.0 Å². The predicted molar refractivity (Wildman–Crippen MR) is 114 cm³/mol. The second kappa shape index (κ2) is 9.75. The highest BCUT2D eigenvalue weighted by atomic mass is 32.2. The molecular weight excluding hydrogens is 360 g/mol. The lowest BCUT2D eigenvalue weighted by atomic mass is 10.1. The largest absolute Gasteiger partial charge is 0.494 e. The molecule has 0 radical (unpaired) electrons. The van der Waals surface area contributed by atoms with Crippen molar-refractivity contribution in [2.24, 2.45) is 0 Å². The summed E-state index contributed by atoms with van der Waals surface area (Å²) in [7, 11) is 0. The zero-order valence-electron chi connectivity index (χ0n) is 15.9. The fraction of sp³-hybridized carbons (Fsp3) is 0.571. The molecule has 0 saturated carbocycles. The molecule has 1 fully saturated rings. The third-order valence-corrected chi connectivity index (χ3v) is 8.49. The van der Waals surface area contributed by atoms with Gasteiger partial charge in [0.25, 0.3) is 0 Å². The molecule has 1 saturated heterocycles. The molecule has 3 nitrogen and oxygen atoms in total. The van der Waals surface area contributed by atoms with Crippen LogP contribution >= 0.6 is 23.5 Å². The van der Waals surface area contributed by atoms with Crippen LogP contribution < -0.4 is 4.74 Å². The highest BCUT2D eigenvalue weighted by molar-refractivity contribution is 8.19. The number of aromatic nitrogens is 2. The van der Waals surface area contributed by atoms with Crippen molar-refractivity contribution in [1.29, 1.82) is 0 Å². The second-order valence-corrected chi connectivity index (χ2v) is 10.3. The van der Waals surface area contributed by atoms with Gasteiger partial charge in [0.05, 0.1) is 17.0 Å². The van der Waals surface area contributed by atoms with Gasteiger partial charge in [-0.3, -0.25) is 0 Å². The van der Waals surface area contributed by atoms with Gasteiger partial charge >= 0.3 is 0 Å². The second-order valence-electron chi connectivity index (χ2n) is 6.86. The SMILES string of the molecule is CCOc1ccc(CCCC2(Cn3ccnc3)SCCC(CC)S2)cc1. The Hall–Kier alpha value is -1.07. The maximum atomic E-state index is 5.54. The molecule has 0 N–H and O–H groups in total. The highest BCUT2D eigenvalue weighted by Crippen LogP contribution is 2.50. The molecule has 0 amide bonds. The van der Waals surface area contributed by atoms with E-state index in [1.54, 1.807) is 0 Å². The van der Waals surface area contributed by atoms with Crippen LogP contribution in [0.25, 0.3) is 0 Å². The van der Waals surface area contributed by atoms with Crippen molar-refractivity contribution in [3.05, 3.63) is 48.5 Å². The Labute approximate surface area is 166 Å². The van der Waals surface area contributed by atoms with Gasteiger partial charge in [0.2, 0.25) is 0 Å². The van der Waals surface area contributed by atoms with Gasteiger partial charge in [-0.15, -0.1) is 23.5 Å². The Morgan fingerprint density at radius 3 is 2.81 bits per heavy atom. The van der Waals surface area contributed by atoms with Gasteiger partial charge < -0.3 is 9.30 Å². The first kappa shape index (κ1) is 19.7. The zero-order valence-corrected chi connectivity index (χ0v) is 17.5. The third kappa shape index (κ3) is 5.46. The predicted octanol–water partition coefficient (Wildman–Crippen LogP) is 5.65. The number of hydrogen-bond donors (Lipinski definition) is 0. The summed E-state index contributed by atoms with van der Waals surface area (Å²) in [6.45, 7) is 6.14. The lowest BCUT2D eigenvalue weighted by Gasteiger charge is -2.40. The minimum atomic E-state index is 0.283. The standard InChI is InChI=1S/C21H30N2OS2/c1-3-20-11-15-25-21(26-20,16-23-14-13-22-17-23)12-5-6-18-7-9-19(10-8-18)24-4-2/h7-10,13-14,17,20H,3-6,11-12,15-16H2,1-2H3. The van der Waals surface area contributed by atoms with Crippen LogP contribution in [0.2, 0.25) is 0 Å². The van der Waals surface area contributed by atoms with Gasteiger partial charge in [0.1, 0.15) is 5.75 Å². The minimum absolute atomic E-state index is 0.283. The average Bonchev–Trinajstić information content (AvgIpc) is 3.16. The Kier molecular flexibility index (Phi) is 7.38. The van der Waals surface area contributed by atoms with E-state index in [1.807, 2.05) is 19.4 Å². The van der Waals surface area contributed by atoms with E-state index >= 15 is 0 Å². The number of thioether (sulfide) groups is 2. The summed E-state index contributed by atoms with van der Waals surface area (Å²) in [5.74, 6) is 2.25. The van der Waals surface area contributed by atoms with Crippen LogP contribution in [0, 0.1) is 0 Å². The maximum absolute atomic E-state index is 5.54. The normalized spacial score (nSPS) is 23.1. The Balaban J connectivity index is 1.60. The lowest BCUT2D eigenvalue weighted by Crippen LogP contribution is -2.33. The van der Waals surface area contributed by atoms with E-state index in [2.05, 4.69) is 70.5 Å². The summed E-state index contributed by atoms with van der Waals surface area (Å²) < 4.78 is 8.09. The molecule has 0 spiro atoms. The molecule has 2 unspecified atom stereocenters. The van der Waals surface area contributed by atoms with Crippen molar-refractivity contribution in [2.45, 2.75) is 61.8 Å². The molecule has 0 aliphatic carbocycles. The van der Waals surface area contributed by atoms with Gasteiger partial charge in [0, 0.05) is 24.2 Å². The van der Waals surface area contributed by atoms with E-state index in [4.69, 9.17) is 4.74 Å². The van der Waals surface area contributed by atoms with E-state index in [0.29, 0.717) is 0 Å². The molecule has 0 bridgehead atoms. The average molecular weight is 391 g/mol. The third-order valence-electron chi connectivity index (χ3n) is 4.88. The molecular formula is C21H30N2OS2. The van der Waals surface area contributed by atoms with Gasteiger partial charge in [0.15, 0.2) is 0 Å². The summed E-state index contributed by atoms with van der Waals surface area (Å²) in [5.41, 5.74) is 1.41. The Morgan fingerprint density at radius 2 is 2.12 bits per heavy atom. The molecule has 142 valence electrons. The Morgan fingerprint density at radius 1 is 1.27 bits per heavy atom. The molecule has 1 aliphatic heterocycles. The van der Waals surface area contributed by atoms with E-state index in [-0.39, 0.29) is 4.08 Å². The van der Waals surface area contributed by atoms with Crippen LogP contribution in [0.3, 0.4) is 0 Å². The van der Waals surface area contributed by atoms with Crippen LogP contribution in [0.5, 0.6) is 5.75 Å². The molecule has 1 aromatic heterocycles. The fourth-order valence-corrected chi connectivity index (χ4v) is 7.37. The van der Waals surface area contributed by atoms with Crippen molar-refractivity contribution in [3.8, 4) is 5.75 Å². The summed E-state index contributed by atoms with van der Waals surface area (Å²) >= 11 is 4.38. The summed E-state index contributed by atoms with van der Waals surface area (Å²) in [6, 6.07) is 8.61. The number of imidazole rings is 1. The van der Waals surface area contributed by atoms with Crippen LogP contribution in [-0.4, -0.2) is 31.2 Å². The first-order valence-corrected chi connectivity index (χ1v) is 11.6. The van der Waals surface area contributed by atoms with Crippen LogP contribution in [0.4, 0.5) is 0 Å². The van der Waals surface area contributed by atoms with Crippen molar-refractivity contribution < 1.29 is 4.74 Å². The van der Waals surface area contributed by atoms with E-state index in [1.165, 1.54) is 37.0 Å². The molecule has 26 heavy (non-hydrogen) atoms. The number of rotatable bonds is 9. The van der Waals surface area contributed by atoms with Crippen molar-refractivity contribution in [3.63, 3.8) is 0 Å². The monoisotopic (exact) mass is 390 g/mol. The number of aryl methyl sites for hydroxylation is 1.